The van der Waals surface area contributed by atoms with Crippen LogP contribution in [-0.4, -0.2) is 14.2 Å². The molecule has 0 aliphatic carbocycles. The summed E-state index contributed by atoms with van der Waals surface area (Å²) in [7, 11) is 3.13. The summed E-state index contributed by atoms with van der Waals surface area (Å²) in [6.07, 6.45) is 0. The Kier molecular flexibility index (Phi) is 4.25. The summed E-state index contributed by atoms with van der Waals surface area (Å²) in [5.41, 5.74) is 7.94. The first kappa shape index (κ1) is 14.3. The molecule has 0 saturated carbocycles. The van der Waals surface area contributed by atoms with Crippen LogP contribution < -0.4 is 15.2 Å². The highest BCUT2D eigenvalue weighted by Gasteiger charge is 2.18. The molecular formula is C16H18FNO2. The second-order valence-electron chi connectivity index (χ2n) is 4.56. The molecule has 3 nitrogen and oxygen atoms in total. The Morgan fingerprint density at radius 3 is 2.45 bits per heavy atom. The third-order valence-corrected chi connectivity index (χ3v) is 3.33. The van der Waals surface area contributed by atoms with E-state index >= 15 is 0 Å². The van der Waals surface area contributed by atoms with Crippen molar-refractivity contribution >= 4 is 0 Å². The van der Waals surface area contributed by atoms with Gasteiger partial charge in [-0.05, 0) is 24.6 Å². The molecule has 2 aromatic rings. The van der Waals surface area contributed by atoms with Gasteiger partial charge in [0.2, 0.25) is 0 Å². The molecule has 0 aromatic heterocycles. The Balaban J connectivity index is 2.47. The second-order valence-corrected chi connectivity index (χ2v) is 4.56. The predicted molar refractivity (Wildman–Crippen MR) is 76.7 cm³/mol. The standard InChI is InChI=1S/C16H18FNO2/c1-10-5-4-6-13(15(10)17)16(18)12-8-7-11(19-2)9-14(12)20-3/h4-9,16H,18H2,1-3H3. The summed E-state index contributed by atoms with van der Waals surface area (Å²) < 4.78 is 24.6. The third kappa shape index (κ3) is 2.60. The van der Waals surface area contributed by atoms with E-state index in [1.807, 2.05) is 0 Å². The van der Waals surface area contributed by atoms with Gasteiger partial charge in [-0.15, -0.1) is 0 Å². The zero-order valence-electron chi connectivity index (χ0n) is 11.8. The molecule has 2 N–H and O–H groups in total. The van der Waals surface area contributed by atoms with Crippen LogP contribution in [0.2, 0.25) is 0 Å². The van der Waals surface area contributed by atoms with Gasteiger partial charge < -0.3 is 15.2 Å². The van der Waals surface area contributed by atoms with E-state index in [4.69, 9.17) is 15.2 Å². The van der Waals surface area contributed by atoms with Crippen LogP contribution in [0.25, 0.3) is 0 Å². The van der Waals surface area contributed by atoms with Crippen molar-refractivity contribution in [2.45, 2.75) is 13.0 Å². The largest absolute Gasteiger partial charge is 0.497 e. The van der Waals surface area contributed by atoms with Crippen molar-refractivity contribution in [3.8, 4) is 11.5 Å². The topological polar surface area (TPSA) is 44.5 Å². The molecule has 0 radical (unpaired) electrons. The van der Waals surface area contributed by atoms with Gasteiger partial charge in [0.05, 0.1) is 20.3 Å². The number of benzene rings is 2. The number of nitrogens with two attached hydrogens (primary N) is 1. The van der Waals surface area contributed by atoms with Gasteiger partial charge >= 0.3 is 0 Å². The molecule has 0 bridgehead atoms. The highest BCUT2D eigenvalue weighted by atomic mass is 19.1. The number of aryl methyl sites for hydroxylation is 1. The fourth-order valence-electron chi connectivity index (χ4n) is 2.15. The summed E-state index contributed by atoms with van der Waals surface area (Å²) in [5, 5.41) is 0. The monoisotopic (exact) mass is 275 g/mol. The first-order chi connectivity index (χ1) is 9.58. The van der Waals surface area contributed by atoms with E-state index in [1.54, 1.807) is 57.5 Å². The molecule has 2 rings (SSSR count). The highest BCUT2D eigenvalue weighted by molar-refractivity contribution is 5.46. The van der Waals surface area contributed by atoms with Crippen molar-refractivity contribution in [2.75, 3.05) is 14.2 Å². The molecule has 2 aromatic carbocycles. The van der Waals surface area contributed by atoms with Gasteiger partial charge in [-0.3, -0.25) is 0 Å². The first-order valence-corrected chi connectivity index (χ1v) is 6.31. The molecule has 0 aliphatic heterocycles. The quantitative estimate of drug-likeness (QED) is 0.932. The van der Waals surface area contributed by atoms with Gasteiger partial charge in [-0.1, -0.05) is 18.2 Å². The van der Waals surface area contributed by atoms with Crippen molar-refractivity contribution in [1.82, 2.24) is 0 Å². The second kappa shape index (κ2) is 5.92. The van der Waals surface area contributed by atoms with Gasteiger partial charge in [0.25, 0.3) is 0 Å². The molecule has 0 aliphatic rings. The fraction of sp³-hybridized carbons (Fsp3) is 0.250. The number of rotatable bonds is 4. The average Bonchev–Trinajstić information content (AvgIpc) is 2.48. The van der Waals surface area contributed by atoms with E-state index in [9.17, 15) is 4.39 Å². The number of hydrogen-bond donors (Lipinski definition) is 1. The smallest absolute Gasteiger partial charge is 0.131 e. The average molecular weight is 275 g/mol. The van der Waals surface area contributed by atoms with Gasteiger partial charge in [0, 0.05) is 17.2 Å². The Morgan fingerprint density at radius 1 is 1.05 bits per heavy atom. The Labute approximate surface area is 118 Å². The third-order valence-electron chi connectivity index (χ3n) is 3.33. The lowest BCUT2D eigenvalue weighted by molar-refractivity contribution is 0.389. The molecule has 106 valence electrons. The minimum absolute atomic E-state index is 0.280. The van der Waals surface area contributed by atoms with Gasteiger partial charge in [-0.2, -0.15) is 0 Å². The number of hydrogen-bond acceptors (Lipinski definition) is 3. The number of ether oxygens (including phenoxy) is 2. The van der Waals surface area contributed by atoms with Gasteiger partial charge in [0.1, 0.15) is 17.3 Å². The summed E-state index contributed by atoms with van der Waals surface area (Å²) in [5.74, 6) is 0.971. The SMILES string of the molecule is COc1ccc(C(N)c2cccc(C)c2F)c(OC)c1. The van der Waals surface area contributed by atoms with Crippen LogP contribution in [-0.2, 0) is 0 Å². The molecule has 0 spiro atoms. The first-order valence-electron chi connectivity index (χ1n) is 6.31. The summed E-state index contributed by atoms with van der Waals surface area (Å²) in [6.45, 7) is 1.72. The molecule has 0 amide bonds. The van der Waals surface area contributed by atoms with Crippen LogP contribution in [0.4, 0.5) is 4.39 Å². The van der Waals surface area contributed by atoms with Crippen LogP contribution in [0.3, 0.4) is 0 Å². The predicted octanol–water partition coefficient (Wildman–Crippen LogP) is 3.20. The van der Waals surface area contributed by atoms with E-state index < -0.39 is 6.04 Å². The fourth-order valence-corrected chi connectivity index (χ4v) is 2.15. The van der Waals surface area contributed by atoms with Crippen molar-refractivity contribution in [3.05, 3.63) is 58.9 Å². The molecule has 0 fully saturated rings. The van der Waals surface area contributed by atoms with E-state index in [-0.39, 0.29) is 5.82 Å². The van der Waals surface area contributed by atoms with Crippen LogP contribution in [0.1, 0.15) is 22.7 Å². The highest BCUT2D eigenvalue weighted by Crippen LogP contribution is 2.33. The van der Waals surface area contributed by atoms with E-state index in [0.717, 1.165) is 5.56 Å². The van der Waals surface area contributed by atoms with Crippen molar-refractivity contribution in [1.29, 1.82) is 0 Å². The number of halogens is 1. The van der Waals surface area contributed by atoms with Crippen LogP contribution in [0.15, 0.2) is 36.4 Å². The van der Waals surface area contributed by atoms with Crippen LogP contribution in [0.5, 0.6) is 11.5 Å². The molecular weight excluding hydrogens is 257 g/mol. The van der Waals surface area contributed by atoms with Crippen molar-refractivity contribution < 1.29 is 13.9 Å². The summed E-state index contributed by atoms with van der Waals surface area (Å²) in [4.78, 5) is 0. The van der Waals surface area contributed by atoms with Crippen molar-refractivity contribution in [2.24, 2.45) is 5.73 Å². The van der Waals surface area contributed by atoms with E-state index in [1.165, 1.54) is 0 Å². The van der Waals surface area contributed by atoms with Gasteiger partial charge in [0.15, 0.2) is 0 Å². The molecule has 20 heavy (non-hydrogen) atoms. The minimum atomic E-state index is -0.587. The molecule has 1 unspecified atom stereocenters. The molecule has 4 heteroatoms. The maximum atomic E-state index is 14.2. The minimum Gasteiger partial charge on any atom is -0.497 e. The summed E-state index contributed by atoms with van der Waals surface area (Å²) >= 11 is 0. The van der Waals surface area contributed by atoms with Crippen LogP contribution >= 0.6 is 0 Å². The maximum Gasteiger partial charge on any atom is 0.131 e. The Morgan fingerprint density at radius 2 is 1.80 bits per heavy atom. The van der Waals surface area contributed by atoms with Gasteiger partial charge in [-0.25, -0.2) is 4.39 Å². The lowest BCUT2D eigenvalue weighted by Gasteiger charge is -2.18. The molecule has 1 atom stereocenters. The van der Waals surface area contributed by atoms with E-state index in [0.29, 0.717) is 22.6 Å². The Bertz CT molecular complexity index is 613. The van der Waals surface area contributed by atoms with E-state index in [2.05, 4.69) is 0 Å². The summed E-state index contributed by atoms with van der Waals surface area (Å²) in [6, 6.07) is 9.94. The lowest BCUT2D eigenvalue weighted by atomic mass is 9.96. The maximum absolute atomic E-state index is 14.2. The zero-order valence-corrected chi connectivity index (χ0v) is 11.8. The Hall–Kier alpha value is -2.07. The number of methoxy groups -OCH3 is 2. The van der Waals surface area contributed by atoms with Crippen molar-refractivity contribution in [3.63, 3.8) is 0 Å². The lowest BCUT2D eigenvalue weighted by Crippen LogP contribution is -2.15. The molecule has 0 saturated heterocycles. The normalized spacial score (nSPS) is 12.1. The zero-order chi connectivity index (χ0) is 14.7. The van der Waals surface area contributed by atoms with Crippen LogP contribution in [0, 0.1) is 12.7 Å². The molecule has 0 heterocycles.